The Hall–Kier alpha value is -0.580. The molecule has 4 heteroatoms. The summed E-state index contributed by atoms with van der Waals surface area (Å²) in [5, 5.41) is 3.59. The number of methoxy groups -OCH3 is 1. The molecule has 0 amide bonds. The van der Waals surface area contributed by atoms with Gasteiger partial charge in [0.2, 0.25) is 0 Å². The molecule has 0 radical (unpaired) electrons. The molecule has 17 heavy (non-hydrogen) atoms. The van der Waals surface area contributed by atoms with Crippen LogP contribution in [0.25, 0.3) is 0 Å². The average molecular weight is 299 g/mol. The Morgan fingerprint density at radius 2 is 2.35 bits per heavy atom. The number of nitrogens with one attached hydrogen (secondary N) is 1. The molecule has 1 aliphatic heterocycles. The van der Waals surface area contributed by atoms with Gasteiger partial charge >= 0.3 is 0 Å². The number of hydrogen-bond acceptors (Lipinski definition) is 3. The molecule has 0 aromatic heterocycles. The van der Waals surface area contributed by atoms with Gasteiger partial charge in [0.1, 0.15) is 5.75 Å². The Kier molecular flexibility index (Phi) is 4.42. The lowest BCUT2D eigenvalue weighted by molar-refractivity contribution is 0.397. The third-order valence-corrected chi connectivity index (χ3v) is 4.00. The first kappa shape index (κ1) is 12.9. The number of rotatable bonds is 4. The van der Waals surface area contributed by atoms with E-state index in [1.807, 2.05) is 12.1 Å². The molecule has 1 unspecified atom stereocenters. The summed E-state index contributed by atoms with van der Waals surface area (Å²) in [5.74, 6) is 0.911. The maximum absolute atomic E-state index is 5.24. The van der Waals surface area contributed by atoms with Crippen LogP contribution >= 0.6 is 15.9 Å². The van der Waals surface area contributed by atoms with Gasteiger partial charge in [-0.25, -0.2) is 0 Å². The van der Waals surface area contributed by atoms with Crippen molar-refractivity contribution in [2.75, 3.05) is 27.2 Å². The maximum Gasteiger partial charge on any atom is 0.119 e. The molecule has 1 fully saturated rings. The van der Waals surface area contributed by atoms with Crippen molar-refractivity contribution in [2.45, 2.75) is 19.0 Å². The molecule has 1 heterocycles. The van der Waals surface area contributed by atoms with Crippen LogP contribution in [0.1, 0.15) is 12.0 Å². The molecule has 0 saturated carbocycles. The molecular formula is C13H19BrN2O. The standard InChI is InChI=1S/C13H19BrN2O/c1-16-6-5-11(9-16)15-8-10-7-12(17-2)3-4-13(10)14/h3-4,7,11,15H,5-6,8-9H2,1-2H3. The Bertz CT molecular complexity index is 384. The van der Waals surface area contributed by atoms with Crippen molar-refractivity contribution in [3.05, 3.63) is 28.2 Å². The van der Waals surface area contributed by atoms with Crippen LogP contribution in [0.5, 0.6) is 5.75 Å². The average Bonchev–Trinajstić information content (AvgIpc) is 2.74. The number of benzene rings is 1. The van der Waals surface area contributed by atoms with Gasteiger partial charge in [-0.05, 0) is 43.8 Å². The summed E-state index contributed by atoms with van der Waals surface area (Å²) >= 11 is 3.58. The molecule has 0 bridgehead atoms. The second-order valence-electron chi connectivity index (χ2n) is 4.59. The van der Waals surface area contributed by atoms with Gasteiger partial charge in [-0.15, -0.1) is 0 Å². The molecule has 0 spiro atoms. The van der Waals surface area contributed by atoms with E-state index in [0.29, 0.717) is 6.04 Å². The van der Waals surface area contributed by atoms with E-state index in [1.54, 1.807) is 7.11 Å². The Morgan fingerprint density at radius 3 is 3.00 bits per heavy atom. The molecule has 1 atom stereocenters. The smallest absolute Gasteiger partial charge is 0.119 e. The highest BCUT2D eigenvalue weighted by Gasteiger charge is 2.18. The fraction of sp³-hybridized carbons (Fsp3) is 0.538. The first-order valence-electron chi connectivity index (χ1n) is 5.93. The van der Waals surface area contributed by atoms with E-state index in [0.717, 1.165) is 23.3 Å². The molecule has 2 rings (SSSR count). The highest BCUT2D eigenvalue weighted by Crippen LogP contribution is 2.22. The van der Waals surface area contributed by atoms with Crippen LogP contribution in [0, 0.1) is 0 Å². The fourth-order valence-electron chi connectivity index (χ4n) is 2.17. The molecule has 1 aromatic carbocycles. The number of halogens is 1. The quantitative estimate of drug-likeness (QED) is 0.923. The number of likely N-dealkylation sites (tertiary alicyclic amines) is 1. The van der Waals surface area contributed by atoms with Crippen molar-refractivity contribution in [1.29, 1.82) is 0 Å². The predicted octanol–water partition coefficient (Wildman–Crippen LogP) is 2.25. The Labute approximate surface area is 111 Å². The van der Waals surface area contributed by atoms with Gasteiger partial charge in [0.25, 0.3) is 0 Å². The van der Waals surface area contributed by atoms with Gasteiger partial charge in [-0.2, -0.15) is 0 Å². The molecule has 1 aromatic rings. The number of hydrogen-bond donors (Lipinski definition) is 1. The van der Waals surface area contributed by atoms with Gasteiger partial charge in [0.05, 0.1) is 7.11 Å². The van der Waals surface area contributed by atoms with Crippen molar-refractivity contribution in [2.24, 2.45) is 0 Å². The van der Waals surface area contributed by atoms with Crippen molar-refractivity contribution in [3.63, 3.8) is 0 Å². The van der Waals surface area contributed by atoms with Crippen LogP contribution in [0.3, 0.4) is 0 Å². The largest absolute Gasteiger partial charge is 0.497 e. The lowest BCUT2D eigenvalue weighted by Gasteiger charge is -2.14. The van der Waals surface area contributed by atoms with Crippen LogP contribution < -0.4 is 10.1 Å². The Balaban J connectivity index is 1.94. The fourth-order valence-corrected chi connectivity index (χ4v) is 2.56. The second-order valence-corrected chi connectivity index (χ2v) is 5.44. The summed E-state index contributed by atoms with van der Waals surface area (Å²) in [7, 11) is 3.87. The summed E-state index contributed by atoms with van der Waals surface area (Å²) in [4.78, 5) is 2.36. The van der Waals surface area contributed by atoms with Crippen LogP contribution in [0.4, 0.5) is 0 Å². The van der Waals surface area contributed by atoms with E-state index in [2.05, 4.69) is 39.3 Å². The summed E-state index contributed by atoms with van der Waals surface area (Å²) in [6.45, 7) is 3.22. The molecule has 1 N–H and O–H groups in total. The zero-order chi connectivity index (χ0) is 12.3. The normalized spacial score (nSPS) is 20.8. The third-order valence-electron chi connectivity index (χ3n) is 3.23. The lowest BCUT2D eigenvalue weighted by atomic mass is 10.2. The number of likely N-dealkylation sites (N-methyl/N-ethyl adjacent to an activating group) is 1. The van der Waals surface area contributed by atoms with Crippen molar-refractivity contribution >= 4 is 15.9 Å². The molecule has 3 nitrogen and oxygen atoms in total. The molecule has 1 saturated heterocycles. The number of ether oxygens (including phenoxy) is 1. The van der Waals surface area contributed by atoms with E-state index < -0.39 is 0 Å². The highest BCUT2D eigenvalue weighted by molar-refractivity contribution is 9.10. The minimum absolute atomic E-state index is 0.609. The number of nitrogens with zero attached hydrogens (tertiary/aromatic N) is 1. The van der Waals surface area contributed by atoms with Gasteiger partial charge in [-0.1, -0.05) is 15.9 Å². The van der Waals surface area contributed by atoms with Crippen LogP contribution in [-0.2, 0) is 6.54 Å². The minimum Gasteiger partial charge on any atom is -0.497 e. The molecule has 0 aliphatic carbocycles. The first-order chi connectivity index (χ1) is 8.19. The Morgan fingerprint density at radius 1 is 1.53 bits per heavy atom. The molecule has 1 aliphatic rings. The van der Waals surface area contributed by atoms with Crippen LogP contribution in [0.2, 0.25) is 0 Å². The predicted molar refractivity (Wildman–Crippen MR) is 73.4 cm³/mol. The molecular weight excluding hydrogens is 280 g/mol. The monoisotopic (exact) mass is 298 g/mol. The van der Waals surface area contributed by atoms with E-state index in [4.69, 9.17) is 4.74 Å². The first-order valence-corrected chi connectivity index (χ1v) is 6.72. The lowest BCUT2D eigenvalue weighted by Crippen LogP contribution is -2.31. The zero-order valence-electron chi connectivity index (χ0n) is 10.4. The van der Waals surface area contributed by atoms with Crippen molar-refractivity contribution in [3.8, 4) is 5.75 Å². The van der Waals surface area contributed by atoms with Crippen LogP contribution in [-0.4, -0.2) is 38.2 Å². The highest BCUT2D eigenvalue weighted by atomic mass is 79.9. The SMILES string of the molecule is COc1ccc(Br)c(CNC2CCN(C)C2)c1. The summed E-state index contributed by atoms with van der Waals surface area (Å²) in [6.07, 6.45) is 1.23. The third kappa shape index (κ3) is 3.44. The van der Waals surface area contributed by atoms with E-state index >= 15 is 0 Å². The zero-order valence-corrected chi connectivity index (χ0v) is 12.0. The van der Waals surface area contributed by atoms with Gasteiger partial charge in [-0.3, -0.25) is 0 Å². The topological polar surface area (TPSA) is 24.5 Å². The summed E-state index contributed by atoms with van der Waals surface area (Å²) < 4.78 is 6.38. The second kappa shape index (κ2) is 5.85. The van der Waals surface area contributed by atoms with Gasteiger partial charge in [0, 0.05) is 23.6 Å². The van der Waals surface area contributed by atoms with E-state index in [-0.39, 0.29) is 0 Å². The van der Waals surface area contributed by atoms with E-state index in [1.165, 1.54) is 18.5 Å². The minimum atomic E-state index is 0.609. The van der Waals surface area contributed by atoms with Gasteiger partial charge < -0.3 is 15.0 Å². The van der Waals surface area contributed by atoms with Gasteiger partial charge in [0.15, 0.2) is 0 Å². The van der Waals surface area contributed by atoms with E-state index in [9.17, 15) is 0 Å². The summed E-state index contributed by atoms with van der Waals surface area (Å²) in [5.41, 5.74) is 1.25. The summed E-state index contributed by atoms with van der Waals surface area (Å²) in [6, 6.07) is 6.70. The molecule has 94 valence electrons. The van der Waals surface area contributed by atoms with Crippen molar-refractivity contribution in [1.82, 2.24) is 10.2 Å². The maximum atomic E-state index is 5.24. The van der Waals surface area contributed by atoms with Crippen molar-refractivity contribution < 1.29 is 4.74 Å². The van der Waals surface area contributed by atoms with Crippen LogP contribution in [0.15, 0.2) is 22.7 Å².